The van der Waals surface area contributed by atoms with Crippen molar-refractivity contribution in [3.63, 3.8) is 0 Å². The van der Waals surface area contributed by atoms with Crippen molar-refractivity contribution in [2.24, 2.45) is 5.73 Å². The van der Waals surface area contributed by atoms with Gasteiger partial charge in [0, 0.05) is 46.0 Å². The Labute approximate surface area is 227 Å². The zero-order valence-corrected chi connectivity index (χ0v) is 22.4. The van der Waals surface area contributed by atoms with E-state index >= 15 is 0 Å². The smallest absolute Gasteiger partial charge is 0.331 e. The molecule has 0 bridgehead atoms. The monoisotopic (exact) mass is 587 g/mol. The molecule has 4 N–H and O–H groups in total. The number of nitrogens with one attached hydrogen (secondary N) is 2. The van der Waals surface area contributed by atoms with Crippen LogP contribution in [-0.4, -0.2) is 64.4 Å². The fourth-order valence-corrected chi connectivity index (χ4v) is 4.20. The third kappa shape index (κ3) is 5.85. The summed E-state index contributed by atoms with van der Waals surface area (Å²) in [4.78, 5) is 27.1. The molecular formula is C24H25F4N5O6S. The minimum absolute atomic E-state index is 0.273. The Kier molecular flexibility index (Phi) is 8.71. The second-order valence-corrected chi connectivity index (χ2v) is 10.4. The number of benzene rings is 2. The van der Waals surface area contributed by atoms with E-state index in [0.717, 1.165) is 75.7 Å². The molecule has 216 valence electrons. The van der Waals surface area contributed by atoms with Gasteiger partial charge in [0.05, 0.1) is 11.4 Å². The Bertz CT molecular complexity index is 1450. The number of anilines is 2. The predicted octanol–water partition coefficient (Wildman–Crippen LogP) is 2.15. The second kappa shape index (κ2) is 11.3. The Morgan fingerprint density at radius 2 is 1.40 bits per heavy atom. The highest BCUT2D eigenvalue weighted by molar-refractivity contribution is 7.87. The van der Waals surface area contributed by atoms with Crippen LogP contribution in [0.15, 0.2) is 60.2 Å². The quantitative estimate of drug-likeness (QED) is 0.317. The second-order valence-electron chi connectivity index (χ2n) is 8.56. The fraction of sp³-hybridized carbons (Fsp3) is 0.250. The number of hydrogen-bond acceptors (Lipinski definition) is 7. The fourth-order valence-electron chi connectivity index (χ4n) is 3.73. The highest BCUT2D eigenvalue weighted by atomic mass is 32.2. The number of carbonyl (C=O) groups excluding carboxylic acids is 2. The van der Waals surface area contributed by atoms with Crippen LogP contribution >= 0.6 is 0 Å². The van der Waals surface area contributed by atoms with E-state index in [2.05, 4.69) is 5.32 Å². The van der Waals surface area contributed by atoms with Crippen LogP contribution in [-0.2, 0) is 24.5 Å². The molecule has 3 rings (SSSR count). The number of hydrogen-bond donors (Lipinski definition) is 3. The Morgan fingerprint density at radius 3 is 1.82 bits per heavy atom. The first-order valence-electron chi connectivity index (χ1n) is 11.2. The molecule has 11 nitrogen and oxygen atoms in total. The lowest BCUT2D eigenvalue weighted by Crippen LogP contribution is -2.72. The molecule has 0 heterocycles. The molecule has 0 spiro atoms. The minimum Gasteiger partial charge on any atom is -0.347 e. The van der Waals surface area contributed by atoms with Crippen LogP contribution in [0.1, 0.15) is 0 Å². The number of amides is 3. The summed E-state index contributed by atoms with van der Waals surface area (Å²) in [5, 5.41) is 2.19. The van der Waals surface area contributed by atoms with E-state index in [1.807, 2.05) is 0 Å². The van der Waals surface area contributed by atoms with E-state index in [1.54, 1.807) is 4.72 Å². The molecule has 1 aliphatic rings. The van der Waals surface area contributed by atoms with Gasteiger partial charge in [-0.3, -0.25) is 9.69 Å². The molecular weight excluding hydrogens is 562 g/mol. The number of halogens is 4. The number of nitrogens with zero attached hydrogens (tertiary/aromatic N) is 2. The summed E-state index contributed by atoms with van der Waals surface area (Å²) in [6, 6.07) is 3.47. The van der Waals surface area contributed by atoms with Gasteiger partial charge in [0.15, 0.2) is 28.9 Å². The number of ether oxygens (including phenoxy) is 2. The molecule has 1 atom stereocenters. The Hall–Kier alpha value is -3.83. The van der Waals surface area contributed by atoms with Crippen LogP contribution in [0.2, 0.25) is 0 Å². The lowest BCUT2D eigenvalue weighted by Gasteiger charge is -2.44. The van der Waals surface area contributed by atoms with Gasteiger partial charge in [-0.2, -0.15) is 12.7 Å². The topological polar surface area (TPSA) is 143 Å². The molecule has 0 radical (unpaired) electrons. The van der Waals surface area contributed by atoms with Crippen LogP contribution < -0.4 is 20.7 Å². The number of carbonyl (C=O) groups is 2. The average Bonchev–Trinajstić information content (AvgIpc) is 2.87. The number of methoxy groups -OCH3 is 2. The van der Waals surface area contributed by atoms with Crippen molar-refractivity contribution in [2.75, 3.05) is 33.2 Å². The van der Waals surface area contributed by atoms with Crippen LogP contribution in [0.25, 0.3) is 0 Å². The van der Waals surface area contributed by atoms with Gasteiger partial charge in [-0.15, -0.1) is 0 Å². The molecule has 1 aliphatic carbocycles. The Balaban J connectivity index is 2.13. The molecule has 2 aromatic rings. The van der Waals surface area contributed by atoms with Crippen molar-refractivity contribution in [2.45, 2.75) is 11.4 Å². The van der Waals surface area contributed by atoms with Crippen molar-refractivity contribution in [3.8, 4) is 0 Å². The molecule has 3 amide bonds. The highest BCUT2D eigenvalue weighted by Crippen LogP contribution is 2.35. The molecule has 1 unspecified atom stereocenters. The molecule has 0 saturated carbocycles. The van der Waals surface area contributed by atoms with Gasteiger partial charge in [-0.1, -0.05) is 0 Å². The van der Waals surface area contributed by atoms with E-state index in [-0.39, 0.29) is 16.9 Å². The average molecular weight is 588 g/mol. The number of rotatable bonds is 8. The maximum Gasteiger partial charge on any atom is 0.331 e. The number of nitrogens with two attached hydrogens (primary N) is 1. The standard InChI is InChI=1S/C24H25F4N5O6S/c1-32(2)40(36,37)31-22(35)30-23(29)13-14(9-10-24(23,38-3)39-4)21(34)33(15-5-7-17(25)19(27)11-15)16-6-8-18(26)20(28)12-16/h5-13H,29H2,1-4H3,(H2,30,31,35). The SMILES string of the molecule is COC1(OC)C=CC(C(=O)N(c2ccc(F)c(F)c2)c2ccc(F)c(F)c2)=CC1(N)NC(=O)NS(=O)(=O)N(C)C. The summed E-state index contributed by atoms with van der Waals surface area (Å²) in [7, 11) is 0.360. The zero-order chi connectivity index (χ0) is 30.0. The Morgan fingerprint density at radius 1 is 0.900 bits per heavy atom. The van der Waals surface area contributed by atoms with Crippen LogP contribution in [0, 0.1) is 23.3 Å². The van der Waals surface area contributed by atoms with Crippen LogP contribution in [0.3, 0.4) is 0 Å². The molecule has 40 heavy (non-hydrogen) atoms. The largest absolute Gasteiger partial charge is 0.347 e. The predicted molar refractivity (Wildman–Crippen MR) is 135 cm³/mol. The van der Waals surface area contributed by atoms with Crippen molar-refractivity contribution in [3.05, 3.63) is 83.5 Å². The molecule has 0 aromatic heterocycles. The maximum atomic E-state index is 14.1. The molecule has 0 fully saturated rings. The first kappa shape index (κ1) is 30.7. The van der Waals surface area contributed by atoms with Gasteiger partial charge in [-0.05, 0) is 42.5 Å². The zero-order valence-electron chi connectivity index (χ0n) is 21.5. The maximum absolute atomic E-state index is 14.1. The highest BCUT2D eigenvalue weighted by Gasteiger charge is 2.51. The summed E-state index contributed by atoms with van der Waals surface area (Å²) in [5.74, 6) is -8.13. The lowest BCUT2D eigenvalue weighted by molar-refractivity contribution is -0.207. The molecule has 2 aromatic carbocycles. The molecule has 0 aliphatic heterocycles. The first-order valence-corrected chi connectivity index (χ1v) is 12.6. The van der Waals surface area contributed by atoms with E-state index in [9.17, 15) is 35.6 Å². The van der Waals surface area contributed by atoms with Gasteiger partial charge < -0.3 is 20.5 Å². The van der Waals surface area contributed by atoms with Crippen LogP contribution in [0.4, 0.5) is 33.7 Å². The lowest BCUT2D eigenvalue weighted by atomic mass is 9.89. The van der Waals surface area contributed by atoms with E-state index < -0.39 is 56.9 Å². The minimum atomic E-state index is -4.27. The summed E-state index contributed by atoms with van der Waals surface area (Å²) < 4.78 is 92.9. The van der Waals surface area contributed by atoms with Gasteiger partial charge >= 0.3 is 16.2 Å². The number of urea groups is 1. The third-order valence-corrected chi connectivity index (χ3v) is 7.25. The van der Waals surface area contributed by atoms with Gasteiger partial charge in [0.2, 0.25) is 5.79 Å². The van der Waals surface area contributed by atoms with Crippen LogP contribution in [0.5, 0.6) is 0 Å². The van der Waals surface area contributed by atoms with E-state index in [4.69, 9.17) is 15.2 Å². The summed E-state index contributed by atoms with van der Waals surface area (Å²) in [6.07, 6.45) is 3.25. The summed E-state index contributed by atoms with van der Waals surface area (Å²) in [6.45, 7) is 0. The summed E-state index contributed by atoms with van der Waals surface area (Å²) >= 11 is 0. The van der Waals surface area contributed by atoms with Crippen molar-refractivity contribution in [1.82, 2.24) is 14.3 Å². The van der Waals surface area contributed by atoms with Crippen molar-refractivity contribution >= 4 is 33.5 Å². The van der Waals surface area contributed by atoms with Crippen molar-refractivity contribution < 1.29 is 45.0 Å². The summed E-state index contributed by atoms with van der Waals surface area (Å²) in [5.41, 5.74) is 3.26. The van der Waals surface area contributed by atoms with Gasteiger partial charge in [0.25, 0.3) is 5.91 Å². The molecule has 0 saturated heterocycles. The van der Waals surface area contributed by atoms with Crippen molar-refractivity contribution in [1.29, 1.82) is 0 Å². The molecule has 16 heteroatoms. The normalized spacial score (nSPS) is 18.3. The van der Waals surface area contributed by atoms with Gasteiger partial charge in [0.1, 0.15) is 0 Å². The third-order valence-electron chi connectivity index (χ3n) is 5.84. The first-order chi connectivity index (χ1) is 18.6. The van der Waals surface area contributed by atoms with E-state index in [1.165, 1.54) is 0 Å². The van der Waals surface area contributed by atoms with E-state index in [0.29, 0.717) is 16.4 Å². The van der Waals surface area contributed by atoms with Gasteiger partial charge in [-0.25, -0.2) is 27.1 Å².